The number of rotatable bonds is 4. The SMILES string of the molecule is Cn1cc(N(C=O)c2ccccc2-c2cc(F)c(Cl)c(Cl)c2)c(C(F)(F)F)n1. The van der Waals surface area contributed by atoms with Crippen LogP contribution in [-0.2, 0) is 18.0 Å². The predicted octanol–water partition coefficient (Wildman–Crippen LogP) is 5.85. The minimum atomic E-state index is -4.78. The van der Waals surface area contributed by atoms with E-state index >= 15 is 0 Å². The van der Waals surface area contributed by atoms with Crippen molar-refractivity contribution in [3.63, 3.8) is 0 Å². The molecule has 28 heavy (non-hydrogen) atoms. The van der Waals surface area contributed by atoms with Crippen LogP contribution in [0.5, 0.6) is 0 Å². The molecular weight excluding hydrogens is 421 g/mol. The lowest BCUT2D eigenvalue weighted by atomic mass is 10.0. The van der Waals surface area contributed by atoms with Crippen molar-refractivity contribution in [1.29, 1.82) is 0 Å². The zero-order chi connectivity index (χ0) is 20.6. The molecule has 146 valence electrons. The second-order valence-electron chi connectivity index (χ2n) is 5.78. The third kappa shape index (κ3) is 3.70. The van der Waals surface area contributed by atoms with Crippen LogP contribution in [0.15, 0.2) is 42.6 Å². The molecule has 2 aromatic carbocycles. The van der Waals surface area contributed by atoms with Crippen LogP contribution < -0.4 is 4.90 Å². The summed E-state index contributed by atoms with van der Waals surface area (Å²) < 4.78 is 55.0. The molecule has 1 heterocycles. The zero-order valence-electron chi connectivity index (χ0n) is 14.1. The highest BCUT2D eigenvalue weighted by Crippen LogP contribution is 2.41. The molecule has 0 radical (unpaired) electrons. The number of amides is 1. The summed E-state index contributed by atoms with van der Waals surface area (Å²) in [6.45, 7) is 0. The monoisotopic (exact) mass is 431 g/mol. The van der Waals surface area contributed by atoms with Gasteiger partial charge in [0, 0.05) is 18.8 Å². The van der Waals surface area contributed by atoms with Crippen LogP contribution in [0.3, 0.4) is 0 Å². The molecule has 0 fully saturated rings. The van der Waals surface area contributed by atoms with E-state index in [0.29, 0.717) is 0 Å². The highest BCUT2D eigenvalue weighted by molar-refractivity contribution is 6.42. The number of alkyl halides is 3. The third-order valence-electron chi connectivity index (χ3n) is 3.90. The molecule has 3 rings (SSSR count). The Bertz CT molecular complexity index is 1030. The predicted molar refractivity (Wildman–Crippen MR) is 98.3 cm³/mol. The highest BCUT2D eigenvalue weighted by Gasteiger charge is 2.39. The molecule has 0 spiro atoms. The second-order valence-corrected chi connectivity index (χ2v) is 6.57. The van der Waals surface area contributed by atoms with Gasteiger partial charge in [-0.3, -0.25) is 14.4 Å². The first kappa shape index (κ1) is 20.2. The van der Waals surface area contributed by atoms with E-state index < -0.39 is 23.4 Å². The Morgan fingerprint density at radius 1 is 1.14 bits per heavy atom. The summed E-state index contributed by atoms with van der Waals surface area (Å²) in [7, 11) is 1.31. The number of aryl methyl sites for hydroxylation is 1. The van der Waals surface area contributed by atoms with Crippen molar-refractivity contribution in [2.75, 3.05) is 4.90 Å². The minimum absolute atomic E-state index is 0.0681. The average molecular weight is 432 g/mol. The fraction of sp³-hybridized carbons (Fsp3) is 0.111. The Morgan fingerprint density at radius 2 is 1.82 bits per heavy atom. The van der Waals surface area contributed by atoms with E-state index in [2.05, 4.69) is 5.10 Å². The van der Waals surface area contributed by atoms with E-state index in [9.17, 15) is 22.4 Å². The standard InChI is InChI=1S/C18H11Cl2F4N3O/c1-26-8-15(17(25-26)18(22,23)24)27(9-28)14-5-3-2-4-11(14)10-6-12(19)16(20)13(21)7-10/h2-9H,1H3. The van der Waals surface area contributed by atoms with Crippen LogP contribution in [-0.4, -0.2) is 16.2 Å². The van der Waals surface area contributed by atoms with Gasteiger partial charge in [-0.15, -0.1) is 0 Å². The number of benzene rings is 2. The van der Waals surface area contributed by atoms with Gasteiger partial charge in [-0.05, 0) is 23.8 Å². The summed E-state index contributed by atoms with van der Waals surface area (Å²) in [5, 5.41) is 3.07. The van der Waals surface area contributed by atoms with Gasteiger partial charge in [0.05, 0.1) is 21.4 Å². The van der Waals surface area contributed by atoms with Gasteiger partial charge >= 0.3 is 6.18 Å². The molecule has 1 amide bonds. The van der Waals surface area contributed by atoms with Crippen molar-refractivity contribution < 1.29 is 22.4 Å². The Kier molecular flexibility index (Phi) is 5.36. The van der Waals surface area contributed by atoms with Crippen LogP contribution in [0.1, 0.15) is 5.69 Å². The molecule has 1 aromatic heterocycles. The first-order valence-electron chi connectivity index (χ1n) is 7.72. The summed E-state index contributed by atoms with van der Waals surface area (Å²) in [6, 6.07) is 8.53. The van der Waals surface area contributed by atoms with Gasteiger partial charge in [0.15, 0.2) is 5.69 Å². The lowest BCUT2D eigenvalue weighted by molar-refractivity contribution is -0.140. The quantitative estimate of drug-likeness (QED) is 0.295. The van der Waals surface area contributed by atoms with Gasteiger partial charge in [-0.25, -0.2) is 4.39 Å². The maximum atomic E-state index is 14.0. The molecule has 0 atom stereocenters. The van der Waals surface area contributed by atoms with Gasteiger partial charge < -0.3 is 0 Å². The molecule has 0 aliphatic rings. The van der Waals surface area contributed by atoms with Crippen molar-refractivity contribution in [2.24, 2.45) is 7.05 Å². The molecule has 0 aliphatic carbocycles. The summed E-state index contributed by atoms with van der Waals surface area (Å²) >= 11 is 11.6. The molecule has 0 aliphatic heterocycles. The fourth-order valence-corrected chi connectivity index (χ4v) is 3.05. The van der Waals surface area contributed by atoms with Gasteiger partial charge in [0.1, 0.15) is 5.82 Å². The molecule has 4 nitrogen and oxygen atoms in total. The number of halogens is 6. The fourth-order valence-electron chi connectivity index (χ4n) is 2.74. The van der Waals surface area contributed by atoms with Gasteiger partial charge in [0.2, 0.25) is 6.41 Å². The van der Waals surface area contributed by atoms with Gasteiger partial charge in [-0.1, -0.05) is 41.4 Å². The van der Waals surface area contributed by atoms with E-state index in [1.807, 2.05) is 0 Å². The topological polar surface area (TPSA) is 38.1 Å². The molecule has 0 saturated heterocycles. The van der Waals surface area contributed by atoms with Crippen molar-refractivity contribution in [3.05, 3.63) is 64.2 Å². The second kappa shape index (κ2) is 7.44. The summed E-state index contributed by atoms with van der Waals surface area (Å²) in [5.41, 5.74) is -1.07. The number of para-hydroxylation sites is 1. The van der Waals surface area contributed by atoms with Crippen LogP contribution in [0.25, 0.3) is 11.1 Å². The molecule has 10 heteroatoms. The van der Waals surface area contributed by atoms with E-state index in [1.54, 1.807) is 6.07 Å². The number of nitrogens with zero attached hydrogens (tertiary/aromatic N) is 3. The zero-order valence-corrected chi connectivity index (χ0v) is 15.6. The number of aromatic nitrogens is 2. The molecule has 0 N–H and O–H groups in total. The first-order valence-corrected chi connectivity index (χ1v) is 8.48. The number of carbonyl (C=O) groups excluding carboxylic acids is 1. The van der Waals surface area contributed by atoms with Crippen LogP contribution >= 0.6 is 23.2 Å². The Balaban J connectivity index is 2.21. The summed E-state index contributed by atoms with van der Waals surface area (Å²) in [5.74, 6) is -0.797. The molecule has 0 bridgehead atoms. The van der Waals surface area contributed by atoms with Crippen molar-refractivity contribution in [1.82, 2.24) is 9.78 Å². The van der Waals surface area contributed by atoms with Crippen LogP contribution in [0, 0.1) is 5.82 Å². The van der Waals surface area contributed by atoms with Gasteiger partial charge in [0.25, 0.3) is 0 Å². The highest BCUT2D eigenvalue weighted by atomic mass is 35.5. The lowest BCUT2D eigenvalue weighted by Crippen LogP contribution is -2.19. The first-order chi connectivity index (χ1) is 13.1. The Labute approximate surface area is 166 Å². The van der Waals surface area contributed by atoms with Crippen LogP contribution in [0.2, 0.25) is 10.0 Å². The van der Waals surface area contributed by atoms with Crippen molar-refractivity contribution in [3.8, 4) is 11.1 Å². The van der Waals surface area contributed by atoms with Crippen molar-refractivity contribution in [2.45, 2.75) is 6.18 Å². The average Bonchev–Trinajstić information content (AvgIpc) is 3.02. The van der Waals surface area contributed by atoms with Gasteiger partial charge in [-0.2, -0.15) is 18.3 Å². The number of carbonyl (C=O) groups is 1. The largest absolute Gasteiger partial charge is 0.437 e. The van der Waals surface area contributed by atoms with E-state index in [0.717, 1.165) is 21.8 Å². The number of hydrogen-bond acceptors (Lipinski definition) is 2. The third-order valence-corrected chi connectivity index (χ3v) is 4.68. The normalized spacial score (nSPS) is 11.5. The summed E-state index contributed by atoms with van der Waals surface area (Å²) in [4.78, 5) is 12.6. The lowest BCUT2D eigenvalue weighted by Gasteiger charge is -2.21. The van der Waals surface area contributed by atoms with E-state index in [4.69, 9.17) is 23.2 Å². The molecule has 0 saturated carbocycles. The number of anilines is 2. The van der Waals surface area contributed by atoms with E-state index in [-0.39, 0.29) is 33.3 Å². The Hall–Kier alpha value is -2.58. The maximum absolute atomic E-state index is 14.0. The smallest absolute Gasteiger partial charge is 0.279 e. The summed E-state index contributed by atoms with van der Waals surface area (Å²) in [6.07, 6.45) is -3.47. The van der Waals surface area contributed by atoms with E-state index in [1.165, 1.54) is 31.3 Å². The Morgan fingerprint density at radius 3 is 2.43 bits per heavy atom. The molecular formula is C18H11Cl2F4N3O. The minimum Gasteiger partial charge on any atom is -0.279 e. The molecule has 3 aromatic rings. The van der Waals surface area contributed by atoms with Crippen LogP contribution in [0.4, 0.5) is 28.9 Å². The maximum Gasteiger partial charge on any atom is 0.437 e. The van der Waals surface area contributed by atoms with Crippen molar-refractivity contribution >= 4 is 41.0 Å². The number of hydrogen-bond donors (Lipinski definition) is 0. The molecule has 0 unspecified atom stereocenters.